The van der Waals surface area contributed by atoms with Gasteiger partial charge >= 0.3 is 0 Å². The molecule has 116 valence electrons. The fourth-order valence-electron chi connectivity index (χ4n) is 2.59. The van der Waals surface area contributed by atoms with Gasteiger partial charge in [-0.3, -0.25) is 4.79 Å². The molecule has 1 amide bonds. The van der Waals surface area contributed by atoms with E-state index in [-0.39, 0.29) is 16.7 Å². The third-order valence-electron chi connectivity index (χ3n) is 3.71. The average molecular weight is 312 g/mol. The highest BCUT2D eigenvalue weighted by Crippen LogP contribution is 2.30. The van der Waals surface area contributed by atoms with E-state index in [1.54, 1.807) is 7.05 Å². The second-order valence-electron chi connectivity index (χ2n) is 5.17. The van der Waals surface area contributed by atoms with E-state index in [0.717, 1.165) is 19.4 Å². The monoisotopic (exact) mass is 312 g/mol. The summed E-state index contributed by atoms with van der Waals surface area (Å²) in [6.45, 7) is 1.24. The number of amides is 1. The minimum Gasteiger partial charge on any atom is -0.397 e. The molecular formula is C13H20N4O3S. The van der Waals surface area contributed by atoms with E-state index >= 15 is 0 Å². The number of nitrogens with two attached hydrogens (primary N) is 2. The molecule has 0 aliphatic carbocycles. The van der Waals surface area contributed by atoms with Gasteiger partial charge in [0.25, 0.3) is 0 Å². The molecule has 0 spiro atoms. The summed E-state index contributed by atoms with van der Waals surface area (Å²) in [5, 5.41) is 7.80. The van der Waals surface area contributed by atoms with E-state index in [1.165, 1.54) is 18.2 Å². The highest BCUT2D eigenvalue weighted by Gasteiger charge is 2.26. The quantitative estimate of drug-likeness (QED) is 0.672. The molecule has 1 aliphatic heterocycles. The van der Waals surface area contributed by atoms with Crippen LogP contribution >= 0.6 is 0 Å². The maximum Gasteiger partial charge on any atom is 0.238 e. The summed E-state index contributed by atoms with van der Waals surface area (Å²) >= 11 is 0. The van der Waals surface area contributed by atoms with Crippen LogP contribution in [0.1, 0.15) is 12.8 Å². The van der Waals surface area contributed by atoms with Gasteiger partial charge in [-0.05, 0) is 31.0 Å². The fraction of sp³-hybridized carbons (Fsp3) is 0.462. The molecular weight excluding hydrogens is 292 g/mol. The van der Waals surface area contributed by atoms with Crippen LogP contribution in [-0.2, 0) is 14.8 Å². The summed E-state index contributed by atoms with van der Waals surface area (Å²) in [5.74, 6) is -0.137. The summed E-state index contributed by atoms with van der Waals surface area (Å²) in [5.41, 5.74) is 7.02. The number of benzene rings is 1. The first-order valence-electron chi connectivity index (χ1n) is 6.72. The van der Waals surface area contributed by atoms with E-state index < -0.39 is 10.0 Å². The summed E-state index contributed by atoms with van der Waals surface area (Å²) in [6, 6.07) is 4.38. The van der Waals surface area contributed by atoms with Crippen molar-refractivity contribution in [2.45, 2.75) is 17.7 Å². The molecule has 1 saturated heterocycles. The Hall–Kier alpha value is -1.80. The van der Waals surface area contributed by atoms with Crippen LogP contribution in [0.25, 0.3) is 0 Å². The molecule has 0 aromatic heterocycles. The number of anilines is 2. The molecule has 21 heavy (non-hydrogen) atoms. The molecule has 1 aliphatic rings. The van der Waals surface area contributed by atoms with Gasteiger partial charge in [0.2, 0.25) is 15.9 Å². The molecule has 7 nitrogen and oxygen atoms in total. The van der Waals surface area contributed by atoms with Gasteiger partial charge in [-0.15, -0.1) is 0 Å². The van der Waals surface area contributed by atoms with Crippen molar-refractivity contribution in [3.05, 3.63) is 18.2 Å². The second kappa shape index (κ2) is 5.90. The molecule has 8 heteroatoms. The molecule has 1 unspecified atom stereocenters. The number of carbonyl (C=O) groups is 1. The summed E-state index contributed by atoms with van der Waals surface area (Å²) < 4.78 is 22.9. The van der Waals surface area contributed by atoms with Crippen molar-refractivity contribution in [3.8, 4) is 0 Å². The lowest BCUT2D eigenvalue weighted by atomic mass is 9.96. The highest BCUT2D eigenvalue weighted by atomic mass is 32.2. The summed E-state index contributed by atoms with van der Waals surface area (Å²) in [4.78, 5) is 13.7. The Bertz CT molecular complexity index is 645. The molecule has 0 saturated carbocycles. The zero-order valence-electron chi connectivity index (χ0n) is 11.9. The van der Waals surface area contributed by atoms with Crippen LogP contribution in [0.4, 0.5) is 11.4 Å². The topological polar surface area (TPSA) is 119 Å². The number of nitrogen functional groups attached to an aromatic ring is 1. The predicted octanol–water partition coefficient (Wildman–Crippen LogP) is -0.121. The van der Waals surface area contributed by atoms with Gasteiger partial charge in [-0.25, -0.2) is 13.6 Å². The number of piperidine rings is 1. The Labute approximate surface area is 124 Å². The molecule has 1 aromatic rings. The maximum atomic E-state index is 11.8. The van der Waals surface area contributed by atoms with Crippen molar-refractivity contribution in [3.63, 3.8) is 0 Å². The smallest absolute Gasteiger partial charge is 0.238 e. The van der Waals surface area contributed by atoms with Crippen molar-refractivity contribution in [2.75, 3.05) is 30.8 Å². The van der Waals surface area contributed by atoms with E-state index in [2.05, 4.69) is 5.32 Å². The average Bonchev–Trinajstić information content (AvgIpc) is 2.45. The number of primary sulfonamides is 1. The number of rotatable bonds is 3. The van der Waals surface area contributed by atoms with Crippen molar-refractivity contribution in [1.29, 1.82) is 0 Å². The largest absolute Gasteiger partial charge is 0.397 e. The van der Waals surface area contributed by atoms with Crippen molar-refractivity contribution < 1.29 is 13.2 Å². The first-order chi connectivity index (χ1) is 9.82. The minimum absolute atomic E-state index is 0.0131. The Kier molecular flexibility index (Phi) is 4.38. The Morgan fingerprint density at radius 3 is 2.76 bits per heavy atom. The molecule has 1 heterocycles. The molecule has 1 fully saturated rings. The van der Waals surface area contributed by atoms with Crippen molar-refractivity contribution in [1.82, 2.24) is 5.32 Å². The van der Waals surface area contributed by atoms with Crippen LogP contribution in [-0.4, -0.2) is 34.5 Å². The maximum absolute atomic E-state index is 11.8. The number of nitrogens with zero attached hydrogens (tertiary/aromatic N) is 1. The van der Waals surface area contributed by atoms with Gasteiger partial charge in [0.05, 0.1) is 22.2 Å². The van der Waals surface area contributed by atoms with Crippen LogP contribution in [0.2, 0.25) is 0 Å². The Balaban J connectivity index is 2.30. The third kappa shape index (κ3) is 3.45. The van der Waals surface area contributed by atoms with Crippen LogP contribution < -0.4 is 21.1 Å². The Morgan fingerprint density at radius 1 is 1.43 bits per heavy atom. The normalized spacial score (nSPS) is 19.3. The standard InChI is InChI=1S/C13H20N4O3S/c1-16-13(18)9-3-2-6-17(8-9)12-7-10(21(15,19)20)4-5-11(12)14/h4-5,7,9H,2-3,6,8,14H2,1H3,(H,16,18)(H2,15,19,20). The molecule has 1 atom stereocenters. The first-order valence-corrected chi connectivity index (χ1v) is 8.26. The van der Waals surface area contributed by atoms with E-state index in [0.29, 0.717) is 17.9 Å². The number of hydrogen-bond acceptors (Lipinski definition) is 5. The third-order valence-corrected chi connectivity index (χ3v) is 4.62. The SMILES string of the molecule is CNC(=O)C1CCCN(c2cc(S(N)(=O)=O)ccc2N)C1. The van der Waals surface area contributed by atoms with Crippen LogP contribution in [0.5, 0.6) is 0 Å². The van der Waals surface area contributed by atoms with Crippen molar-refractivity contribution in [2.24, 2.45) is 11.1 Å². The number of sulfonamides is 1. The second-order valence-corrected chi connectivity index (χ2v) is 6.73. The minimum atomic E-state index is -3.78. The van der Waals surface area contributed by atoms with Crippen molar-refractivity contribution >= 4 is 27.3 Å². The molecule has 0 radical (unpaired) electrons. The zero-order chi connectivity index (χ0) is 15.6. The lowest BCUT2D eigenvalue weighted by Gasteiger charge is -2.34. The number of hydrogen-bond donors (Lipinski definition) is 3. The van der Waals surface area contributed by atoms with Gasteiger partial charge in [-0.2, -0.15) is 0 Å². The lowest BCUT2D eigenvalue weighted by Crippen LogP contribution is -2.42. The summed E-state index contributed by atoms with van der Waals surface area (Å²) in [7, 11) is -2.17. The Morgan fingerprint density at radius 2 is 2.14 bits per heavy atom. The van der Waals surface area contributed by atoms with E-state index in [9.17, 15) is 13.2 Å². The van der Waals surface area contributed by atoms with Gasteiger partial charge in [0.15, 0.2) is 0 Å². The zero-order valence-corrected chi connectivity index (χ0v) is 12.7. The van der Waals surface area contributed by atoms with Gasteiger partial charge in [-0.1, -0.05) is 0 Å². The fourth-order valence-corrected chi connectivity index (χ4v) is 3.12. The number of nitrogens with one attached hydrogen (secondary N) is 1. The highest BCUT2D eigenvalue weighted by molar-refractivity contribution is 7.89. The predicted molar refractivity (Wildman–Crippen MR) is 81.2 cm³/mol. The van der Waals surface area contributed by atoms with E-state index in [1.807, 2.05) is 4.90 Å². The van der Waals surface area contributed by atoms with Crippen LogP contribution in [0, 0.1) is 5.92 Å². The summed E-state index contributed by atoms with van der Waals surface area (Å²) in [6.07, 6.45) is 1.65. The van der Waals surface area contributed by atoms with Crippen LogP contribution in [0.15, 0.2) is 23.1 Å². The van der Waals surface area contributed by atoms with E-state index in [4.69, 9.17) is 10.9 Å². The number of carbonyl (C=O) groups excluding carboxylic acids is 1. The molecule has 0 bridgehead atoms. The molecule has 5 N–H and O–H groups in total. The van der Waals surface area contributed by atoms with Gasteiger partial charge in [0, 0.05) is 20.1 Å². The van der Waals surface area contributed by atoms with Gasteiger partial charge in [0.1, 0.15) is 0 Å². The lowest BCUT2D eigenvalue weighted by molar-refractivity contribution is -0.124. The molecule has 1 aromatic carbocycles. The van der Waals surface area contributed by atoms with Gasteiger partial charge < -0.3 is 16.0 Å². The first kappa shape index (κ1) is 15.6. The molecule has 2 rings (SSSR count). The van der Waals surface area contributed by atoms with Crippen LogP contribution in [0.3, 0.4) is 0 Å².